The Morgan fingerprint density at radius 3 is 2.96 bits per heavy atom. The second-order valence-electron chi connectivity index (χ2n) is 5.90. The minimum absolute atomic E-state index is 0.0116. The third-order valence-corrected chi connectivity index (χ3v) is 3.93. The van der Waals surface area contributed by atoms with Crippen LogP contribution in [0.2, 0.25) is 0 Å². The maximum Gasteiger partial charge on any atom is 0.245 e. The first kappa shape index (κ1) is 16.4. The Morgan fingerprint density at radius 1 is 1.42 bits per heavy atom. The number of nitrogens with zero attached hydrogens (tertiary/aromatic N) is 5. The number of morpholine rings is 1. The van der Waals surface area contributed by atoms with Crippen LogP contribution in [0.1, 0.15) is 23.1 Å². The molecule has 1 aliphatic rings. The second-order valence-corrected chi connectivity index (χ2v) is 5.90. The van der Waals surface area contributed by atoms with Crippen molar-refractivity contribution >= 4 is 11.7 Å². The number of aryl methyl sites for hydroxylation is 2. The molecule has 2 aromatic rings. The van der Waals surface area contributed by atoms with Crippen LogP contribution in [-0.4, -0.2) is 57.4 Å². The van der Waals surface area contributed by atoms with Crippen LogP contribution in [0.15, 0.2) is 18.5 Å². The quantitative estimate of drug-likeness (QED) is 0.898. The molecule has 3 rings (SSSR count). The molecule has 8 nitrogen and oxygen atoms in total. The first-order valence-corrected chi connectivity index (χ1v) is 7.96. The van der Waals surface area contributed by atoms with Crippen LogP contribution in [0.5, 0.6) is 0 Å². The molecule has 1 aliphatic heterocycles. The molecule has 1 N–H and O–H groups in total. The van der Waals surface area contributed by atoms with E-state index in [0.29, 0.717) is 25.6 Å². The lowest BCUT2D eigenvalue weighted by molar-refractivity contribution is -0.141. The molecule has 24 heavy (non-hydrogen) atoms. The summed E-state index contributed by atoms with van der Waals surface area (Å²) in [7, 11) is 1.81. The topological polar surface area (TPSA) is 85.2 Å². The highest BCUT2D eigenvalue weighted by atomic mass is 16.5. The summed E-state index contributed by atoms with van der Waals surface area (Å²) in [6.07, 6.45) is 3.60. The summed E-state index contributed by atoms with van der Waals surface area (Å²) in [5.74, 6) is 1.32. The van der Waals surface area contributed by atoms with Gasteiger partial charge in [-0.15, -0.1) is 0 Å². The van der Waals surface area contributed by atoms with E-state index in [1.165, 1.54) is 0 Å². The summed E-state index contributed by atoms with van der Waals surface area (Å²) in [5, 5.41) is 7.21. The third-order valence-electron chi connectivity index (χ3n) is 3.93. The Bertz CT molecular complexity index is 729. The molecule has 1 fully saturated rings. The van der Waals surface area contributed by atoms with Crippen LogP contribution in [-0.2, 0) is 16.1 Å². The van der Waals surface area contributed by atoms with E-state index in [1.807, 2.05) is 33.2 Å². The molecule has 2 aromatic heterocycles. The Balaban J connectivity index is 1.82. The maximum absolute atomic E-state index is 12.7. The van der Waals surface area contributed by atoms with Crippen molar-refractivity contribution in [2.75, 3.05) is 32.1 Å². The fourth-order valence-electron chi connectivity index (χ4n) is 2.77. The van der Waals surface area contributed by atoms with Gasteiger partial charge in [0, 0.05) is 31.5 Å². The summed E-state index contributed by atoms with van der Waals surface area (Å²) in [6.45, 7) is 5.51. The van der Waals surface area contributed by atoms with Gasteiger partial charge in [-0.1, -0.05) is 0 Å². The molecule has 0 bridgehead atoms. The normalized spacial score (nSPS) is 17.8. The molecule has 3 heterocycles. The van der Waals surface area contributed by atoms with Gasteiger partial charge >= 0.3 is 0 Å². The van der Waals surface area contributed by atoms with Gasteiger partial charge in [0.25, 0.3) is 0 Å². The highest BCUT2D eigenvalue weighted by Gasteiger charge is 2.31. The van der Waals surface area contributed by atoms with Crippen LogP contribution >= 0.6 is 0 Å². The number of aromatic nitrogens is 4. The molecular formula is C16H22N6O2. The Hall–Kier alpha value is -2.48. The van der Waals surface area contributed by atoms with E-state index >= 15 is 0 Å². The number of ether oxygens (including phenoxy) is 1. The predicted molar refractivity (Wildman–Crippen MR) is 88.6 cm³/mol. The standard InChI is InChI=1S/C16H22N6O2/c1-11-7-18-21(8-11)9-15(23)22-4-5-24-10-13(22)16-19-12(2)6-14(17-3)20-16/h6-8,13H,4-5,9-10H2,1-3H3,(H,17,19,20). The van der Waals surface area contributed by atoms with E-state index < -0.39 is 0 Å². The Morgan fingerprint density at radius 2 is 2.25 bits per heavy atom. The van der Waals surface area contributed by atoms with Gasteiger partial charge in [-0.2, -0.15) is 5.10 Å². The fourth-order valence-corrected chi connectivity index (χ4v) is 2.77. The average molecular weight is 330 g/mol. The summed E-state index contributed by atoms with van der Waals surface area (Å²) < 4.78 is 7.22. The van der Waals surface area contributed by atoms with Crippen LogP contribution in [0.4, 0.5) is 5.82 Å². The molecule has 0 aromatic carbocycles. The summed E-state index contributed by atoms with van der Waals surface area (Å²) in [6, 6.07) is 1.58. The third kappa shape index (κ3) is 3.53. The summed E-state index contributed by atoms with van der Waals surface area (Å²) in [4.78, 5) is 23.5. The molecule has 0 radical (unpaired) electrons. The zero-order valence-electron chi connectivity index (χ0n) is 14.2. The number of rotatable bonds is 4. The monoisotopic (exact) mass is 330 g/mol. The lowest BCUT2D eigenvalue weighted by atomic mass is 10.2. The van der Waals surface area contributed by atoms with Crippen LogP contribution in [0.3, 0.4) is 0 Å². The maximum atomic E-state index is 12.7. The van der Waals surface area contributed by atoms with Gasteiger partial charge in [-0.25, -0.2) is 9.97 Å². The highest BCUT2D eigenvalue weighted by Crippen LogP contribution is 2.23. The minimum atomic E-state index is -0.282. The molecule has 1 amide bonds. The van der Waals surface area contributed by atoms with Crippen molar-refractivity contribution in [1.82, 2.24) is 24.6 Å². The zero-order valence-corrected chi connectivity index (χ0v) is 14.2. The molecule has 1 saturated heterocycles. The van der Waals surface area contributed by atoms with Gasteiger partial charge in [-0.05, 0) is 19.4 Å². The Kier molecular flexibility index (Phi) is 4.75. The lowest BCUT2D eigenvalue weighted by Gasteiger charge is -2.34. The fraction of sp³-hybridized carbons (Fsp3) is 0.500. The number of anilines is 1. The Labute approximate surface area is 140 Å². The van der Waals surface area contributed by atoms with Gasteiger partial charge in [0.2, 0.25) is 5.91 Å². The molecule has 1 unspecified atom stereocenters. The van der Waals surface area contributed by atoms with E-state index in [4.69, 9.17) is 4.74 Å². The first-order valence-electron chi connectivity index (χ1n) is 7.96. The van der Waals surface area contributed by atoms with Crippen molar-refractivity contribution in [3.05, 3.63) is 35.5 Å². The second kappa shape index (κ2) is 6.96. The molecule has 0 aliphatic carbocycles. The summed E-state index contributed by atoms with van der Waals surface area (Å²) in [5.41, 5.74) is 1.88. The molecule has 1 atom stereocenters. The van der Waals surface area contributed by atoms with Gasteiger partial charge in [0.15, 0.2) is 5.82 Å². The molecule has 0 saturated carbocycles. The van der Waals surface area contributed by atoms with Crippen LogP contribution < -0.4 is 5.32 Å². The number of carbonyl (C=O) groups excluding carboxylic acids is 1. The van der Waals surface area contributed by atoms with Crippen molar-refractivity contribution in [1.29, 1.82) is 0 Å². The number of carbonyl (C=O) groups is 1. The minimum Gasteiger partial charge on any atom is -0.377 e. The number of hydrogen-bond acceptors (Lipinski definition) is 6. The van der Waals surface area contributed by atoms with Gasteiger partial charge in [0.05, 0.1) is 19.4 Å². The van der Waals surface area contributed by atoms with Gasteiger partial charge in [0.1, 0.15) is 18.4 Å². The van der Waals surface area contributed by atoms with Gasteiger partial charge in [-0.3, -0.25) is 9.48 Å². The van der Waals surface area contributed by atoms with Crippen molar-refractivity contribution < 1.29 is 9.53 Å². The molecule has 0 spiro atoms. The van der Waals surface area contributed by atoms with Crippen molar-refractivity contribution in [3.8, 4) is 0 Å². The molecular weight excluding hydrogens is 308 g/mol. The van der Waals surface area contributed by atoms with Crippen LogP contribution in [0.25, 0.3) is 0 Å². The first-order chi connectivity index (χ1) is 11.6. The molecule has 8 heteroatoms. The van der Waals surface area contributed by atoms with Gasteiger partial charge < -0.3 is 15.0 Å². The van der Waals surface area contributed by atoms with E-state index in [0.717, 1.165) is 17.1 Å². The molecule has 128 valence electrons. The number of amides is 1. The number of hydrogen-bond donors (Lipinski definition) is 1. The highest BCUT2D eigenvalue weighted by molar-refractivity contribution is 5.76. The predicted octanol–water partition coefficient (Wildman–Crippen LogP) is 0.932. The van der Waals surface area contributed by atoms with E-state index in [1.54, 1.807) is 15.8 Å². The average Bonchev–Trinajstić information content (AvgIpc) is 2.99. The van der Waals surface area contributed by atoms with E-state index in [9.17, 15) is 4.79 Å². The smallest absolute Gasteiger partial charge is 0.245 e. The van der Waals surface area contributed by atoms with Crippen molar-refractivity contribution in [2.24, 2.45) is 0 Å². The van der Waals surface area contributed by atoms with E-state index in [-0.39, 0.29) is 18.5 Å². The van der Waals surface area contributed by atoms with Crippen LogP contribution in [0, 0.1) is 13.8 Å². The van der Waals surface area contributed by atoms with E-state index in [2.05, 4.69) is 20.4 Å². The largest absolute Gasteiger partial charge is 0.377 e. The van der Waals surface area contributed by atoms with Crippen molar-refractivity contribution in [2.45, 2.75) is 26.4 Å². The van der Waals surface area contributed by atoms with Crippen molar-refractivity contribution in [3.63, 3.8) is 0 Å². The zero-order chi connectivity index (χ0) is 17.1. The number of nitrogens with one attached hydrogen (secondary N) is 1. The lowest BCUT2D eigenvalue weighted by Crippen LogP contribution is -2.45. The SMILES string of the molecule is CNc1cc(C)nc(C2COCCN2C(=O)Cn2cc(C)cn2)n1. The summed E-state index contributed by atoms with van der Waals surface area (Å²) >= 11 is 0.